The Labute approximate surface area is 591 Å². The van der Waals surface area contributed by atoms with Crippen LogP contribution in [0.3, 0.4) is 0 Å². The van der Waals surface area contributed by atoms with Gasteiger partial charge < -0.3 is 65.1 Å². The van der Waals surface area contributed by atoms with Crippen LogP contribution in [0.1, 0.15) is 316 Å². The minimum atomic E-state index is -1.80. The minimum Gasteiger partial charge on any atom is -0.394 e. The molecule has 9 N–H and O–H groups in total. The Kier molecular flexibility index (Phi) is 61.0. The Hall–Kier alpha value is -3.35. The molecule has 0 spiro atoms. The maximum Gasteiger partial charge on any atom is 0.220 e. The Bertz CT molecular complexity index is 2050. The summed E-state index contributed by atoms with van der Waals surface area (Å²) in [6, 6.07) is -0.945. The smallest absolute Gasteiger partial charge is 0.220 e. The van der Waals surface area contributed by atoms with E-state index >= 15 is 0 Å². The largest absolute Gasteiger partial charge is 0.394 e. The van der Waals surface area contributed by atoms with E-state index < -0.39 is 86.8 Å². The summed E-state index contributed by atoms with van der Waals surface area (Å²) < 4.78 is 22.9. The molecule has 12 atom stereocenters. The number of unbranched alkanes of at least 4 members (excludes halogenated alkanes) is 36. The molecule has 2 aliphatic heterocycles. The molecule has 14 heteroatoms. The van der Waals surface area contributed by atoms with E-state index in [4.69, 9.17) is 18.9 Å². The number of carbonyl (C=O) groups is 1. The van der Waals surface area contributed by atoms with Gasteiger partial charge in [0.05, 0.1) is 32.0 Å². The van der Waals surface area contributed by atoms with E-state index in [1.807, 2.05) is 6.08 Å². The number of carbonyl (C=O) groups excluding carboxylic acids is 1. The Balaban J connectivity index is 1.63. The molecule has 2 aliphatic rings. The van der Waals surface area contributed by atoms with Gasteiger partial charge in [-0.15, -0.1) is 0 Å². The van der Waals surface area contributed by atoms with Gasteiger partial charge in [-0.25, -0.2) is 0 Å². The zero-order chi connectivity index (χ0) is 70.1. The van der Waals surface area contributed by atoms with E-state index in [1.54, 1.807) is 6.08 Å². The van der Waals surface area contributed by atoms with Crippen LogP contribution in [0.2, 0.25) is 0 Å². The maximum atomic E-state index is 13.4. The number of amides is 1. The summed E-state index contributed by atoms with van der Waals surface area (Å²) in [6.07, 6.45) is 78.8. The highest BCUT2D eigenvalue weighted by molar-refractivity contribution is 5.76. The first-order valence-electron chi connectivity index (χ1n) is 39.6. The van der Waals surface area contributed by atoms with Crippen LogP contribution >= 0.6 is 0 Å². The van der Waals surface area contributed by atoms with Crippen molar-refractivity contribution in [2.45, 2.75) is 389 Å². The van der Waals surface area contributed by atoms with Crippen molar-refractivity contribution in [1.29, 1.82) is 0 Å². The molecule has 12 unspecified atom stereocenters. The van der Waals surface area contributed by atoms with E-state index in [9.17, 15) is 45.6 Å². The van der Waals surface area contributed by atoms with Crippen LogP contribution in [0.4, 0.5) is 0 Å². The minimum absolute atomic E-state index is 0.252. The number of ether oxygens (including phenoxy) is 4. The summed E-state index contributed by atoms with van der Waals surface area (Å²) in [5.41, 5.74) is 0. The maximum absolute atomic E-state index is 13.4. The van der Waals surface area contributed by atoms with Crippen molar-refractivity contribution in [3.05, 3.63) is 109 Å². The van der Waals surface area contributed by atoms with Crippen molar-refractivity contribution in [2.24, 2.45) is 0 Å². The molecule has 0 aromatic carbocycles. The molecule has 97 heavy (non-hydrogen) atoms. The Morgan fingerprint density at radius 2 is 0.722 bits per heavy atom. The summed E-state index contributed by atoms with van der Waals surface area (Å²) >= 11 is 0. The lowest BCUT2D eigenvalue weighted by atomic mass is 9.97. The Morgan fingerprint density at radius 1 is 0.381 bits per heavy atom. The lowest BCUT2D eigenvalue weighted by molar-refractivity contribution is -0.359. The van der Waals surface area contributed by atoms with Crippen molar-refractivity contribution in [3.8, 4) is 0 Å². The molecule has 1 amide bonds. The van der Waals surface area contributed by atoms with Crippen LogP contribution in [-0.2, 0) is 23.7 Å². The fourth-order valence-corrected chi connectivity index (χ4v) is 12.4. The van der Waals surface area contributed by atoms with Gasteiger partial charge in [0.25, 0.3) is 0 Å². The third kappa shape index (κ3) is 49.0. The van der Waals surface area contributed by atoms with E-state index in [-0.39, 0.29) is 18.9 Å². The summed E-state index contributed by atoms with van der Waals surface area (Å²) in [4.78, 5) is 13.4. The monoisotopic (exact) mass is 1360 g/mol. The van der Waals surface area contributed by atoms with E-state index in [0.717, 1.165) is 83.5 Å². The third-order valence-electron chi connectivity index (χ3n) is 18.7. The van der Waals surface area contributed by atoms with Crippen LogP contribution in [0.15, 0.2) is 109 Å². The van der Waals surface area contributed by atoms with Gasteiger partial charge in [-0.3, -0.25) is 4.79 Å². The second-order valence-corrected chi connectivity index (χ2v) is 27.4. The predicted octanol–water partition coefficient (Wildman–Crippen LogP) is 17.9. The molecule has 14 nitrogen and oxygen atoms in total. The van der Waals surface area contributed by atoms with Gasteiger partial charge in [-0.2, -0.15) is 0 Å². The van der Waals surface area contributed by atoms with E-state index in [2.05, 4.69) is 116 Å². The van der Waals surface area contributed by atoms with Crippen LogP contribution in [0, 0.1) is 0 Å². The number of hydrogen-bond donors (Lipinski definition) is 9. The average molecular weight is 1370 g/mol. The summed E-state index contributed by atoms with van der Waals surface area (Å²) in [7, 11) is 0. The van der Waals surface area contributed by atoms with Crippen LogP contribution in [0.25, 0.3) is 0 Å². The molecule has 0 aromatic rings. The highest BCUT2D eigenvalue weighted by Gasteiger charge is 2.51. The van der Waals surface area contributed by atoms with Gasteiger partial charge in [-0.05, 0) is 96.3 Å². The molecule has 2 fully saturated rings. The van der Waals surface area contributed by atoms with Crippen molar-refractivity contribution < 1.29 is 64.6 Å². The lowest BCUT2D eigenvalue weighted by Crippen LogP contribution is -2.65. The summed E-state index contributed by atoms with van der Waals surface area (Å²) in [6.45, 7) is 2.69. The predicted molar refractivity (Wildman–Crippen MR) is 401 cm³/mol. The number of aliphatic hydroxyl groups is 8. The molecule has 0 radical (unpaired) electrons. The van der Waals surface area contributed by atoms with Gasteiger partial charge in [0.1, 0.15) is 48.8 Å². The molecule has 0 aromatic heterocycles. The molecular weight excluding hydrogens is 1220 g/mol. The Morgan fingerprint density at radius 3 is 1.13 bits per heavy atom. The van der Waals surface area contributed by atoms with Gasteiger partial charge >= 0.3 is 0 Å². The van der Waals surface area contributed by atoms with Crippen molar-refractivity contribution in [3.63, 3.8) is 0 Å². The van der Waals surface area contributed by atoms with Crippen molar-refractivity contribution in [2.75, 3.05) is 19.8 Å². The van der Waals surface area contributed by atoms with E-state index in [1.165, 1.54) is 199 Å². The molecule has 0 aliphatic carbocycles. The molecule has 2 rings (SSSR count). The first-order valence-corrected chi connectivity index (χ1v) is 39.6. The van der Waals surface area contributed by atoms with Crippen LogP contribution in [-0.4, -0.2) is 140 Å². The highest BCUT2D eigenvalue weighted by Crippen LogP contribution is 2.30. The lowest BCUT2D eigenvalue weighted by Gasteiger charge is -2.46. The molecular formula is C83H145NO13. The van der Waals surface area contributed by atoms with E-state index in [0.29, 0.717) is 12.8 Å². The standard InChI is InChI=1S/C83H145NO13/c1-3-5-7-9-11-13-15-17-19-21-23-25-27-29-31-32-33-34-35-36-37-38-39-40-41-43-45-47-49-51-53-55-57-59-61-63-65-67-75(88)84-71(70-94-82-80(93)78(91)81(74(69-86)96-82)97-83-79(92)77(90)76(89)73(68-85)95-83)72(87)66-64-62-60-58-56-54-52-50-48-46-44-42-30-28-26-24-22-20-18-16-14-12-10-8-6-4-2/h5,7,11,13,17,19,23,25,29,31,33-34,48,50,56,58,64,66,71-74,76-83,85-87,89-93H,3-4,6,8-10,12,14-16,18,20-22,24,26-28,30,32,35-47,49,51-55,57,59-63,65,67-70H2,1-2H3,(H,84,88)/b7-5-,13-11-,19-17-,25-23-,31-29-,34-33-,50-48+,58-56+,66-64+. The molecule has 560 valence electrons. The first kappa shape index (κ1) is 89.7. The van der Waals surface area contributed by atoms with Gasteiger partial charge in [0, 0.05) is 6.42 Å². The van der Waals surface area contributed by atoms with Crippen LogP contribution < -0.4 is 5.32 Å². The quantitative estimate of drug-likeness (QED) is 0.0204. The summed E-state index contributed by atoms with van der Waals surface area (Å²) in [5.74, 6) is -0.252. The molecule has 2 heterocycles. The fourth-order valence-electron chi connectivity index (χ4n) is 12.4. The highest BCUT2D eigenvalue weighted by atomic mass is 16.7. The van der Waals surface area contributed by atoms with Crippen LogP contribution in [0.5, 0.6) is 0 Å². The summed E-state index contributed by atoms with van der Waals surface area (Å²) in [5, 5.41) is 87.6. The van der Waals surface area contributed by atoms with Gasteiger partial charge in [0.15, 0.2) is 12.6 Å². The number of rotatable bonds is 65. The number of allylic oxidation sites excluding steroid dienone is 17. The second kappa shape index (κ2) is 65.9. The number of aliphatic hydroxyl groups excluding tert-OH is 8. The number of hydrogen-bond acceptors (Lipinski definition) is 13. The van der Waals surface area contributed by atoms with Gasteiger partial charge in [0.2, 0.25) is 5.91 Å². The van der Waals surface area contributed by atoms with Crippen molar-refractivity contribution in [1.82, 2.24) is 5.32 Å². The number of nitrogens with one attached hydrogen (secondary N) is 1. The zero-order valence-corrected chi connectivity index (χ0v) is 61.3. The first-order chi connectivity index (χ1) is 47.6. The average Bonchev–Trinajstić information content (AvgIpc) is 0.794. The van der Waals surface area contributed by atoms with Crippen molar-refractivity contribution >= 4 is 5.91 Å². The van der Waals surface area contributed by atoms with Gasteiger partial charge in [-0.1, -0.05) is 322 Å². The third-order valence-corrected chi connectivity index (χ3v) is 18.7. The normalized spacial score (nSPS) is 22.7. The SMILES string of the molecule is CC/C=C\C/C=C\C/C=C\C/C=C\C/C=C\C/C=C\CCCCCCCCCCCCCCCCCCCCC(=O)NC(COC1OC(CO)C(OC2OC(CO)C(O)C(O)C2O)C(O)C1O)C(O)/C=C/CC/C=C/CC/C=C/CCCCCCCCCCCCCCCCCC. The molecule has 0 saturated carbocycles. The second-order valence-electron chi connectivity index (χ2n) is 27.4. The molecule has 2 saturated heterocycles. The topological polar surface area (TPSA) is 228 Å². The zero-order valence-electron chi connectivity index (χ0n) is 61.3. The molecule has 0 bridgehead atoms. The fraction of sp³-hybridized carbons (Fsp3) is 0.771.